The molecule has 3 aromatic rings. The first-order valence-electron chi connectivity index (χ1n) is 8.57. The van der Waals surface area contributed by atoms with Crippen molar-refractivity contribution in [1.82, 2.24) is 15.2 Å². The van der Waals surface area contributed by atoms with E-state index in [4.69, 9.17) is 0 Å². The molecule has 0 spiro atoms. The van der Waals surface area contributed by atoms with Gasteiger partial charge in [0, 0.05) is 12.6 Å². The van der Waals surface area contributed by atoms with E-state index in [0.29, 0.717) is 0 Å². The highest BCUT2D eigenvalue weighted by molar-refractivity contribution is 7.89. The normalized spacial score (nSPS) is 11.4. The Bertz CT molecular complexity index is 1160. The molecule has 0 radical (unpaired) electrons. The van der Waals surface area contributed by atoms with Crippen molar-refractivity contribution in [2.24, 2.45) is 0 Å². The molecule has 0 saturated carbocycles. The number of halogens is 1. The summed E-state index contributed by atoms with van der Waals surface area (Å²) >= 11 is 0. The third-order valence-electron chi connectivity index (χ3n) is 4.22. The van der Waals surface area contributed by atoms with Crippen molar-refractivity contribution >= 4 is 32.6 Å². The van der Waals surface area contributed by atoms with Gasteiger partial charge in [0.25, 0.3) is 11.8 Å². The summed E-state index contributed by atoms with van der Waals surface area (Å²) in [5.74, 6) is -1.88. The van der Waals surface area contributed by atoms with E-state index in [-0.39, 0.29) is 10.5 Å². The topological polar surface area (TPSA) is 95.6 Å². The van der Waals surface area contributed by atoms with Crippen molar-refractivity contribution in [2.45, 2.75) is 4.90 Å². The van der Waals surface area contributed by atoms with E-state index < -0.39 is 34.2 Å². The van der Waals surface area contributed by atoms with Gasteiger partial charge in [-0.2, -0.15) is 4.31 Å². The summed E-state index contributed by atoms with van der Waals surface area (Å²) in [4.78, 5) is 24.0. The van der Waals surface area contributed by atoms with Crippen LogP contribution in [0.15, 0.2) is 71.6 Å². The molecule has 0 aliphatic rings. The number of carbonyl (C=O) groups excluding carboxylic acids is 2. The third kappa shape index (κ3) is 4.76. The molecule has 0 unspecified atom stereocenters. The SMILES string of the molecule is CN(CC(=O)NNC(=O)c1ccc(F)cc1)S(=O)(=O)c1ccc2ccccc2c1. The first-order valence-corrected chi connectivity index (χ1v) is 10.0. The molecule has 2 amide bonds. The first kappa shape index (κ1) is 20.4. The summed E-state index contributed by atoms with van der Waals surface area (Å²) in [7, 11) is -2.63. The standard InChI is InChI=1S/C20H18FN3O4S/c1-24(13-19(25)22-23-20(26)15-6-9-17(21)10-7-15)29(27,28)18-11-8-14-4-2-3-5-16(14)12-18/h2-12H,13H2,1H3,(H,22,25)(H,23,26). The zero-order valence-electron chi connectivity index (χ0n) is 15.4. The van der Waals surface area contributed by atoms with E-state index in [1.165, 1.54) is 31.3 Å². The minimum Gasteiger partial charge on any atom is -0.272 e. The molecule has 0 atom stereocenters. The van der Waals surface area contributed by atoms with Gasteiger partial charge < -0.3 is 0 Å². The Morgan fingerprint density at radius 1 is 0.931 bits per heavy atom. The summed E-state index contributed by atoms with van der Waals surface area (Å²) in [5.41, 5.74) is 4.44. The maximum Gasteiger partial charge on any atom is 0.269 e. The smallest absolute Gasteiger partial charge is 0.269 e. The largest absolute Gasteiger partial charge is 0.272 e. The fourth-order valence-electron chi connectivity index (χ4n) is 2.63. The van der Waals surface area contributed by atoms with Crippen LogP contribution in [0.5, 0.6) is 0 Å². The van der Waals surface area contributed by atoms with Crippen LogP contribution in [-0.2, 0) is 14.8 Å². The number of hydrogen-bond acceptors (Lipinski definition) is 4. The number of likely N-dealkylation sites (N-methyl/N-ethyl adjacent to an activating group) is 1. The van der Waals surface area contributed by atoms with Gasteiger partial charge in [-0.3, -0.25) is 20.4 Å². The molecule has 0 aromatic heterocycles. The van der Waals surface area contributed by atoms with E-state index in [0.717, 1.165) is 27.2 Å². The lowest BCUT2D eigenvalue weighted by atomic mass is 10.1. The molecule has 7 nitrogen and oxygen atoms in total. The number of carbonyl (C=O) groups is 2. The second-order valence-electron chi connectivity index (χ2n) is 6.28. The number of nitrogens with one attached hydrogen (secondary N) is 2. The van der Waals surface area contributed by atoms with Crippen LogP contribution in [0.3, 0.4) is 0 Å². The van der Waals surface area contributed by atoms with Gasteiger partial charge in [-0.25, -0.2) is 12.8 Å². The van der Waals surface area contributed by atoms with Crippen LogP contribution >= 0.6 is 0 Å². The molecule has 3 aromatic carbocycles. The number of benzene rings is 3. The molecule has 0 aliphatic carbocycles. The Morgan fingerprint density at radius 3 is 2.28 bits per heavy atom. The predicted molar refractivity (Wildman–Crippen MR) is 106 cm³/mol. The number of amides is 2. The predicted octanol–water partition coefficient (Wildman–Crippen LogP) is 2.06. The van der Waals surface area contributed by atoms with E-state index in [1.54, 1.807) is 18.2 Å². The van der Waals surface area contributed by atoms with Crippen LogP contribution < -0.4 is 10.9 Å². The lowest BCUT2D eigenvalue weighted by Crippen LogP contribution is -2.46. The molecule has 0 bridgehead atoms. The first-order chi connectivity index (χ1) is 13.8. The fraction of sp³-hybridized carbons (Fsp3) is 0.100. The van der Waals surface area contributed by atoms with E-state index in [1.807, 2.05) is 12.1 Å². The van der Waals surface area contributed by atoms with Gasteiger partial charge in [-0.15, -0.1) is 0 Å². The van der Waals surface area contributed by atoms with Gasteiger partial charge in [0.2, 0.25) is 10.0 Å². The Morgan fingerprint density at radius 2 is 1.59 bits per heavy atom. The molecule has 0 aliphatic heterocycles. The maximum atomic E-state index is 12.9. The van der Waals surface area contributed by atoms with Gasteiger partial charge in [-0.1, -0.05) is 30.3 Å². The van der Waals surface area contributed by atoms with E-state index in [2.05, 4.69) is 10.9 Å². The van der Waals surface area contributed by atoms with Crippen LogP contribution in [0, 0.1) is 5.82 Å². The molecule has 29 heavy (non-hydrogen) atoms. The number of nitrogens with zero attached hydrogens (tertiary/aromatic N) is 1. The van der Waals surface area contributed by atoms with Crippen molar-refractivity contribution in [3.05, 3.63) is 78.1 Å². The molecule has 0 heterocycles. The van der Waals surface area contributed by atoms with Crippen molar-refractivity contribution in [3.8, 4) is 0 Å². The molecule has 3 rings (SSSR count). The Balaban J connectivity index is 1.63. The highest BCUT2D eigenvalue weighted by Crippen LogP contribution is 2.21. The Hall–Kier alpha value is -3.30. The Labute approximate surface area is 167 Å². The summed E-state index contributed by atoms with van der Waals surface area (Å²) < 4.78 is 39.2. The fourth-order valence-corrected chi connectivity index (χ4v) is 3.80. The van der Waals surface area contributed by atoms with Crippen molar-refractivity contribution in [2.75, 3.05) is 13.6 Å². The summed E-state index contributed by atoms with van der Waals surface area (Å²) in [6.45, 7) is -0.501. The maximum absolute atomic E-state index is 12.9. The van der Waals surface area contributed by atoms with Gasteiger partial charge in [0.1, 0.15) is 5.82 Å². The molecule has 9 heteroatoms. The Kier molecular flexibility index (Phi) is 5.90. The number of hydrazine groups is 1. The highest BCUT2D eigenvalue weighted by atomic mass is 32.2. The minimum atomic E-state index is -3.90. The zero-order chi connectivity index (χ0) is 21.0. The van der Waals surface area contributed by atoms with Crippen molar-refractivity contribution < 1.29 is 22.4 Å². The second kappa shape index (κ2) is 8.38. The summed E-state index contributed by atoms with van der Waals surface area (Å²) in [6, 6.07) is 16.8. The minimum absolute atomic E-state index is 0.0573. The summed E-state index contributed by atoms with van der Waals surface area (Å²) in [6.07, 6.45) is 0. The van der Waals surface area contributed by atoms with Gasteiger partial charge in [-0.05, 0) is 47.2 Å². The quantitative estimate of drug-likeness (QED) is 0.624. The number of rotatable bonds is 5. The molecule has 150 valence electrons. The lowest BCUT2D eigenvalue weighted by molar-refractivity contribution is -0.121. The van der Waals surface area contributed by atoms with E-state index >= 15 is 0 Å². The average molecular weight is 415 g/mol. The monoisotopic (exact) mass is 415 g/mol. The second-order valence-corrected chi connectivity index (χ2v) is 8.32. The van der Waals surface area contributed by atoms with Crippen LogP contribution in [0.25, 0.3) is 10.8 Å². The summed E-state index contributed by atoms with van der Waals surface area (Å²) in [5, 5.41) is 1.66. The van der Waals surface area contributed by atoms with Crippen molar-refractivity contribution in [3.63, 3.8) is 0 Å². The van der Waals surface area contributed by atoms with Crippen molar-refractivity contribution in [1.29, 1.82) is 0 Å². The third-order valence-corrected chi connectivity index (χ3v) is 6.02. The number of hydrogen-bond donors (Lipinski definition) is 2. The molecule has 0 fully saturated rings. The number of sulfonamides is 1. The van der Waals surface area contributed by atoms with E-state index in [9.17, 15) is 22.4 Å². The van der Waals surface area contributed by atoms with Crippen LogP contribution in [-0.4, -0.2) is 38.1 Å². The van der Waals surface area contributed by atoms with Crippen LogP contribution in [0.2, 0.25) is 0 Å². The van der Waals surface area contributed by atoms with Crippen LogP contribution in [0.4, 0.5) is 4.39 Å². The lowest BCUT2D eigenvalue weighted by Gasteiger charge is -2.17. The van der Waals surface area contributed by atoms with Crippen LogP contribution in [0.1, 0.15) is 10.4 Å². The average Bonchev–Trinajstić information content (AvgIpc) is 2.72. The van der Waals surface area contributed by atoms with Gasteiger partial charge >= 0.3 is 0 Å². The van der Waals surface area contributed by atoms with Gasteiger partial charge in [0.05, 0.1) is 11.4 Å². The highest BCUT2D eigenvalue weighted by Gasteiger charge is 2.23. The van der Waals surface area contributed by atoms with Gasteiger partial charge in [0.15, 0.2) is 0 Å². The molecular formula is C20H18FN3O4S. The molecular weight excluding hydrogens is 397 g/mol. The number of fused-ring (bicyclic) bond motifs is 1. The molecule has 2 N–H and O–H groups in total. The molecule has 0 saturated heterocycles. The zero-order valence-corrected chi connectivity index (χ0v) is 16.2.